The van der Waals surface area contributed by atoms with Crippen LogP contribution in [0.15, 0.2) is 30.3 Å². The SMILES string of the molecule is COC(=O)OC(=O)OCCCc1ccccc1. The van der Waals surface area contributed by atoms with Crippen LogP contribution in [0.5, 0.6) is 0 Å². The predicted octanol–water partition coefficient (Wildman–Crippen LogP) is 2.54. The van der Waals surface area contributed by atoms with Crippen LogP contribution in [0, 0.1) is 0 Å². The molecule has 17 heavy (non-hydrogen) atoms. The van der Waals surface area contributed by atoms with Gasteiger partial charge in [0.25, 0.3) is 0 Å². The molecule has 0 radical (unpaired) electrons. The highest BCUT2D eigenvalue weighted by molar-refractivity contribution is 5.76. The predicted molar refractivity (Wildman–Crippen MR) is 59.6 cm³/mol. The Balaban J connectivity index is 2.12. The summed E-state index contributed by atoms with van der Waals surface area (Å²) >= 11 is 0. The molecule has 1 rings (SSSR count). The third kappa shape index (κ3) is 5.55. The van der Waals surface area contributed by atoms with Crippen LogP contribution in [-0.4, -0.2) is 26.0 Å². The molecule has 0 N–H and O–H groups in total. The van der Waals surface area contributed by atoms with Crippen LogP contribution in [0.4, 0.5) is 9.59 Å². The Hall–Kier alpha value is -2.04. The van der Waals surface area contributed by atoms with Gasteiger partial charge in [0.1, 0.15) is 0 Å². The molecule has 0 aliphatic carbocycles. The molecule has 0 spiro atoms. The average Bonchev–Trinajstić information content (AvgIpc) is 2.36. The van der Waals surface area contributed by atoms with Crippen molar-refractivity contribution in [2.45, 2.75) is 12.8 Å². The minimum absolute atomic E-state index is 0.199. The minimum atomic E-state index is -1.07. The van der Waals surface area contributed by atoms with E-state index in [0.29, 0.717) is 6.42 Å². The van der Waals surface area contributed by atoms with Gasteiger partial charge in [-0.25, -0.2) is 9.59 Å². The van der Waals surface area contributed by atoms with Crippen LogP contribution in [0.1, 0.15) is 12.0 Å². The quantitative estimate of drug-likeness (QED) is 0.458. The monoisotopic (exact) mass is 238 g/mol. The number of carbonyl (C=O) groups is 2. The number of carbonyl (C=O) groups excluding carboxylic acids is 2. The highest BCUT2D eigenvalue weighted by Crippen LogP contribution is 2.02. The van der Waals surface area contributed by atoms with Crippen molar-refractivity contribution in [3.05, 3.63) is 35.9 Å². The van der Waals surface area contributed by atoms with Crippen LogP contribution < -0.4 is 0 Å². The lowest BCUT2D eigenvalue weighted by molar-refractivity contribution is 0.0453. The lowest BCUT2D eigenvalue weighted by atomic mass is 10.1. The fourth-order valence-corrected chi connectivity index (χ4v) is 1.22. The number of benzene rings is 1. The summed E-state index contributed by atoms with van der Waals surface area (Å²) in [4.78, 5) is 21.4. The molecule has 0 fully saturated rings. The maximum absolute atomic E-state index is 10.9. The Labute approximate surface area is 99.3 Å². The molecule has 0 bridgehead atoms. The molecule has 0 atom stereocenters. The van der Waals surface area contributed by atoms with Gasteiger partial charge < -0.3 is 14.2 Å². The molecule has 5 heteroatoms. The summed E-state index contributed by atoms with van der Waals surface area (Å²) < 4.78 is 12.9. The second-order valence-corrected chi connectivity index (χ2v) is 3.24. The van der Waals surface area contributed by atoms with Crippen LogP contribution >= 0.6 is 0 Å². The first-order valence-electron chi connectivity index (χ1n) is 5.19. The second kappa shape index (κ2) is 7.27. The second-order valence-electron chi connectivity index (χ2n) is 3.24. The van der Waals surface area contributed by atoms with E-state index in [0.717, 1.165) is 19.1 Å². The zero-order chi connectivity index (χ0) is 12.5. The Morgan fingerprint density at radius 3 is 2.47 bits per heavy atom. The van der Waals surface area contributed by atoms with E-state index in [-0.39, 0.29) is 6.61 Å². The lowest BCUT2D eigenvalue weighted by Gasteiger charge is -2.04. The smallest absolute Gasteiger partial charge is 0.437 e. The highest BCUT2D eigenvalue weighted by Gasteiger charge is 2.10. The van der Waals surface area contributed by atoms with Gasteiger partial charge in [-0.05, 0) is 18.4 Å². The molecule has 5 nitrogen and oxygen atoms in total. The first kappa shape index (κ1) is 13.0. The summed E-state index contributed by atoms with van der Waals surface area (Å²) in [6, 6.07) is 9.82. The van der Waals surface area contributed by atoms with E-state index in [4.69, 9.17) is 0 Å². The highest BCUT2D eigenvalue weighted by atomic mass is 16.8. The maximum atomic E-state index is 10.9. The van der Waals surface area contributed by atoms with Crippen LogP contribution in [-0.2, 0) is 20.6 Å². The first-order chi connectivity index (χ1) is 8.22. The van der Waals surface area contributed by atoms with Crippen molar-refractivity contribution in [3.8, 4) is 0 Å². The van der Waals surface area contributed by atoms with E-state index < -0.39 is 12.3 Å². The van der Waals surface area contributed by atoms with Gasteiger partial charge in [0.2, 0.25) is 0 Å². The molecule has 92 valence electrons. The largest absolute Gasteiger partial charge is 0.518 e. The maximum Gasteiger partial charge on any atom is 0.518 e. The number of methoxy groups -OCH3 is 1. The summed E-state index contributed by atoms with van der Waals surface area (Å²) in [5.41, 5.74) is 1.16. The Morgan fingerprint density at radius 1 is 1.12 bits per heavy atom. The van der Waals surface area contributed by atoms with Gasteiger partial charge in [0, 0.05) is 0 Å². The number of ether oxygens (including phenoxy) is 3. The Morgan fingerprint density at radius 2 is 1.82 bits per heavy atom. The Kier molecular flexibility index (Phi) is 5.57. The summed E-state index contributed by atoms with van der Waals surface area (Å²) in [5.74, 6) is 0. The van der Waals surface area contributed by atoms with E-state index in [9.17, 15) is 9.59 Å². The summed E-state index contributed by atoms with van der Waals surface area (Å²) in [6.45, 7) is 0.199. The number of rotatable bonds is 4. The van der Waals surface area contributed by atoms with Gasteiger partial charge >= 0.3 is 12.3 Å². The normalized spacial score (nSPS) is 9.47. The third-order valence-electron chi connectivity index (χ3n) is 2.01. The topological polar surface area (TPSA) is 61.8 Å². The van der Waals surface area contributed by atoms with E-state index in [1.165, 1.54) is 0 Å². The van der Waals surface area contributed by atoms with Crippen molar-refractivity contribution < 1.29 is 23.8 Å². The molecule has 0 aromatic heterocycles. The van der Waals surface area contributed by atoms with E-state index in [1.807, 2.05) is 30.3 Å². The molecule has 0 aliphatic heterocycles. The van der Waals surface area contributed by atoms with E-state index in [1.54, 1.807) is 0 Å². The van der Waals surface area contributed by atoms with Crippen LogP contribution in [0.25, 0.3) is 0 Å². The van der Waals surface area contributed by atoms with Crippen molar-refractivity contribution in [1.82, 2.24) is 0 Å². The molecule has 0 heterocycles. The van der Waals surface area contributed by atoms with Gasteiger partial charge in [-0.3, -0.25) is 0 Å². The molecule has 0 saturated carbocycles. The van der Waals surface area contributed by atoms with Crippen molar-refractivity contribution in [2.75, 3.05) is 13.7 Å². The van der Waals surface area contributed by atoms with Crippen molar-refractivity contribution >= 4 is 12.3 Å². The van der Waals surface area contributed by atoms with Gasteiger partial charge in [-0.15, -0.1) is 0 Å². The number of hydrogen-bond acceptors (Lipinski definition) is 5. The van der Waals surface area contributed by atoms with Crippen molar-refractivity contribution in [2.24, 2.45) is 0 Å². The fraction of sp³-hybridized carbons (Fsp3) is 0.333. The lowest BCUT2D eigenvalue weighted by Crippen LogP contribution is -2.14. The van der Waals surface area contributed by atoms with Gasteiger partial charge in [-0.2, -0.15) is 0 Å². The van der Waals surface area contributed by atoms with Gasteiger partial charge in [-0.1, -0.05) is 30.3 Å². The van der Waals surface area contributed by atoms with Crippen molar-refractivity contribution in [3.63, 3.8) is 0 Å². The molecule has 0 aliphatic rings. The molecular weight excluding hydrogens is 224 g/mol. The van der Waals surface area contributed by atoms with Gasteiger partial charge in [0.05, 0.1) is 13.7 Å². The number of hydrogen-bond donors (Lipinski definition) is 0. The molecule has 0 unspecified atom stereocenters. The zero-order valence-corrected chi connectivity index (χ0v) is 9.55. The molecule has 0 saturated heterocycles. The van der Waals surface area contributed by atoms with Crippen LogP contribution in [0.2, 0.25) is 0 Å². The summed E-state index contributed by atoms with van der Waals surface area (Å²) in [7, 11) is 1.12. The summed E-state index contributed by atoms with van der Waals surface area (Å²) in [6.07, 6.45) is -0.643. The van der Waals surface area contributed by atoms with E-state index >= 15 is 0 Å². The first-order valence-corrected chi connectivity index (χ1v) is 5.19. The molecule has 1 aromatic rings. The van der Waals surface area contributed by atoms with Gasteiger partial charge in [0.15, 0.2) is 0 Å². The van der Waals surface area contributed by atoms with Crippen molar-refractivity contribution in [1.29, 1.82) is 0 Å². The molecule has 0 amide bonds. The standard InChI is InChI=1S/C12H14O5/c1-15-11(13)17-12(14)16-9-5-8-10-6-3-2-4-7-10/h2-4,6-7H,5,8-9H2,1H3. The van der Waals surface area contributed by atoms with Crippen LogP contribution in [0.3, 0.4) is 0 Å². The molecular formula is C12H14O5. The Bertz CT molecular complexity index is 360. The van der Waals surface area contributed by atoms with E-state index in [2.05, 4.69) is 14.2 Å². The minimum Gasteiger partial charge on any atom is -0.437 e. The molecule has 1 aromatic carbocycles. The number of aryl methyl sites for hydroxylation is 1. The summed E-state index contributed by atoms with van der Waals surface area (Å²) in [5, 5.41) is 0. The zero-order valence-electron chi connectivity index (χ0n) is 9.55. The third-order valence-corrected chi connectivity index (χ3v) is 2.01. The fourth-order valence-electron chi connectivity index (χ4n) is 1.22. The average molecular weight is 238 g/mol.